The number of nitrogens with zero attached hydrogens (tertiary/aromatic N) is 1. The van der Waals surface area contributed by atoms with E-state index >= 15 is 0 Å². The average molecular weight is 558 g/mol. The lowest BCUT2D eigenvalue weighted by Crippen LogP contribution is -2.44. The number of phenols is 1. The van der Waals surface area contributed by atoms with Gasteiger partial charge in [0.05, 0.1) is 12.0 Å². The summed E-state index contributed by atoms with van der Waals surface area (Å²) >= 11 is 0. The van der Waals surface area contributed by atoms with Gasteiger partial charge in [0.25, 0.3) is 0 Å². The number of hydrogen-bond donors (Lipinski definition) is 2. The van der Waals surface area contributed by atoms with Crippen LogP contribution in [0.3, 0.4) is 0 Å². The Morgan fingerprint density at radius 1 is 0.927 bits per heavy atom. The van der Waals surface area contributed by atoms with Crippen LogP contribution in [0.25, 0.3) is 0 Å². The van der Waals surface area contributed by atoms with Crippen molar-refractivity contribution < 1.29 is 24.5 Å². The lowest BCUT2D eigenvalue weighted by atomic mass is 9.72. The second-order valence-corrected chi connectivity index (χ2v) is 11.6. The van der Waals surface area contributed by atoms with Gasteiger partial charge in [-0.25, -0.2) is 0 Å². The summed E-state index contributed by atoms with van der Waals surface area (Å²) in [7, 11) is 0. The van der Waals surface area contributed by atoms with E-state index < -0.39 is 17.0 Å². The molecule has 1 fully saturated rings. The highest BCUT2D eigenvalue weighted by molar-refractivity contribution is 5.97. The molecule has 0 atom stereocenters. The van der Waals surface area contributed by atoms with E-state index in [0.29, 0.717) is 30.6 Å². The van der Waals surface area contributed by atoms with Gasteiger partial charge in [0.2, 0.25) is 0 Å². The van der Waals surface area contributed by atoms with Crippen molar-refractivity contribution in [1.82, 2.24) is 4.90 Å². The Balaban J connectivity index is 1.32. The number of ketones is 1. The lowest BCUT2D eigenvalue weighted by molar-refractivity contribution is -0.149. The molecule has 2 N–H and O–H groups in total. The number of ether oxygens (including phenoxy) is 1. The lowest BCUT2D eigenvalue weighted by Gasteiger charge is -2.42. The molecule has 0 aromatic heterocycles. The molecule has 3 aromatic carbocycles. The third-order valence-electron chi connectivity index (χ3n) is 8.43. The van der Waals surface area contributed by atoms with Gasteiger partial charge < -0.3 is 19.8 Å². The Hall–Kier alpha value is -3.48. The number of aliphatic hydroxyl groups is 1. The number of hydrogen-bond acceptors (Lipinski definition) is 6. The number of benzene rings is 3. The zero-order valence-electron chi connectivity index (χ0n) is 24.5. The molecular formula is C35H43NO5. The molecule has 0 bridgehead atoms. The monoisotopic (exact) mass is 557 g/mol. The van der Waals surface area contributed by atoms with Crippen molar-refractivity contribution in [1.29, 1.82) is 0 Å². The first-order valence-corrected chi connectivity index (χ1v) is 14.8. The first-order valence-electron chi connectivity index (χ1n) is 14.8. The van der Waals surface area contributed by atoms with E-state index in [9.17, 15) is 19.8 Å². The molecule has 4 rings (SSSR count). The van der Waals surface area contributed by atoms with Crippen molar-refractivity contribution in [2.45, 2.75) is 63.9 Å². The van der Waals surface area contributed by atoms with Crippen molar-refractivity contribution >= 4 is 11.8 Å². The van der Waals surface area contributed by atoms with Gasteiger partial charge >= 0.3 is 5.97 Å². The molecular weight excluding hydrogens is 514 g/mol. The van der Waals surface area contributed by atoms with E-state index in [1.54, 1.807) is 26.0 Å². The highest BCUT2D eigenvalue weighted by atomic mass is 16.5. The predicted octanol–water partition coefficient (Wildman–Crippen LogP) is 6.23. The van der Waals surface area contributed by atoms with E-state index in [2.05, 4.69) is 4.90 Å². The summed E-state index contributed by atoms with van der Waals surface area (Å²) in [6.45, 7) is 8.21. The van der Waals surface area contributed by atoms with Crippen LogP contribution >= 0.6 is 0 Å². The van der Waals surface area contributed by atoms with Gasteiger partial charge in [0.1, 0.15) is 11.4 Å². The van der Waals surface area contributed by atoms with Gasteiger partial charge in [-0.2, -0.15) is 0 Å². The number of esters is 1. The molecule has 6 nitrogen and oxygen atoms in total. The van der Waals surface area contributed by atoms with Crippen molar-refractivity contribution in [3.63, 3.8) is 0 Å². The third-order valence-corrected chi connectivity index (χ3v) is 8.43. The molecule has 0 unspecified atom stereocenters. The van der Waals surface area contributed by atoms with Crippen LogP contribution in [-0.4, -0.2) is 53.1 Å². The van der Waals surface area contributed by atoms with E-state index in [-0.39, 0.29) is 17.5 Å². The molecule has 1 aliphatic heterocycles. The Morgan fingerprint density at radius 2 is 1.51 bits per heavy atom. The van der Waals surface area contributed by atoms with Crippen LogP contribution in [0.2, 0.25) is 0 Å². The molecule has 3 aromatic rings. The number of carbonyl (C=O) groups excluding carboxylic acids is 2. The molecule has 0 saturated carbocycles. The maximum atomic E-state index is 12.9. The molecule has 1 aliphatic rings. The zero-order valence-corrected chi connectivity index (χ0v) is 24.5. The van der Waals surface area contributed by atoms with Gasteiger partial charge in [0, 0.05) is 17.5 Å². The van der Waals surface area contributed by atoms with Crippen molar-refractivity contribution in [3.05, 3.63) is 101 Å². The van der Waals surface area contributed by atoms with Crippen molar-refractivity contribution in [2.24, 2.45) is 5.92 Å². The van der Waals surface area contributed by atoms with Crippen molar-refractivity contribution in [3.8, 4) is 5.75 Å². The molecule has 6 heteroatoms. The number of likely N-dealkylation sites (tertiary alicyclic amines) is 1. The number of carbonyl (C=O) groups is 2. The largest absolute Gasteiger partial charge is 0.508 e. The fraction of sp³-hybridized carbons (Fsp3) is 0.429. The minimum absolute atomic E-state index is 0.0318. The standard InChI is InChI=1S/C35H43NO5/c1-4-24-41-33(39)34(2,3)30-18-17-26(25-32(30)38)31(37)16-11-21-36-22-19-29(20-23-36)35(40,27-12-7-5-8-13-27)28-14-9-6-10-15-28/h5-10,12-15,17-18,25,29,38,40H,4,11,16,19-24H2,1-3H3. The van der Waals surface area contributed by atoms with Gasteiger partial charge in [0.15, 0.2) is 5.78 Å². The van der Waals surface area contributed by atoms with Crippen LogP contribution in [0.1, 0.15) is 79.9 Å². The molecule has 0 radical (unpaired) electrons. The number of rotatable bonds is 12. The summed E-state index contributed by atoms with van der Waals surface area (Å²) in [4.78, 5) is 27.8. The maximum Gasteiger partial charge on any atom is 0.316 e. The zero-order chi connectivity index (χ0) is 29.5. The smallest absolute Gasteiger partial charge is 0.316 e. The molecule has 1 saturated heterocycles. The average Bonchev–Trinajstić information content (AvgIpc) is 3.00. The maximum absolute atomic E-state index is 12.9. The minimum Gasteiger partial charge on any atom is -0.508 e. The van der Waals surface area contributed by atoms with E-state index in [1.165, 1.54) is 6.07 Å². The number of piperidine rings is 1. The Morgan fingerprint density at radius 3 is 2.05 bits per heavy atom. The topological polar surface area (TPSA) is 87.1 Å². The molecule has 41 heavy (non-hydrogen) atoms. The summed E-state index contributed by atoms with van der Waals surface area (Å²) in [5, 5.41) is 22.7. The van der Waals surface area contributed by atoms with Crippen LogP contribution in [0.5, 0.6) is 5.75 Å². The molecule has 0 spiro atoms. The number of phenolic OH excluding ortho intramolecular Hbond substituents is 1. The van der Waals surface area contributed by atoms with E-state index in [1.807, 2.05) is 67.6 Å². The van der Waals surface area contributed by atoms with Gasteiger partial charge in [-0.05, 0) is 82.3 Å². The molecule has 0 aliphatic carbocycles. The first-order chi connectivity index (χ1) is 19.7. The van der Waals surface area contributed by atoms with E-state index in [0.717, 1.165) is 50.0 Å². The van der Waals surface area contributed by atoms with Crippen molar-refractivity contribution in [2.75, 3.05) is 26.2 Å². The fourth-order valence-electron chi connectivity index (χ4n) is 5.92. The van der Waals surface area contributed by atoms with Gasteiger partial charge in [-0.15, -0.1) is 0 Å². The SMILES string of the molecule is CCCOC(=O)C(C)(C)c1ccc(C(=O)CCCN2CCC(C(O)(c3ccccc3)c3ccccc3)CC2)cc1O. The van der Waals surface area contributed by atoms with E-state index in [4.69, 9.17) is 4.74 Å². The van der Waals surface area contributed by atoms with Crippen LogP contribution in [0, 0.1) is 5.92 Å². The second kappa shape index (κ2) is 13.5. The van der Waals surface area contributed by atoms with Crippen LogP contribution < -0.4 is 0 Å². The van der Waals surface area contributed by atoms with Crippen LogP contribution in [0.4, 0.5) is 0 Å². The van der Waals surface area contributed by atoms with Crippen LogP contribution in [0.15, 0.2) is 78.9 Å². The normalized spacial score (nSPS) is 15.0. The van der Waals surface area contributed by atoms with Crippen LogP contribution in [-0.2, 0) is 20.5 Å². The van der Waals surface area contributed by atoms with Gasteiger partial charge in [-0.1, -0.05) is 79.7 Å². The molecule has 1 heterocycles. The number of Topliss-reactive ketones (excluding diaryl/α,β-unsaturated/α-hetero) is 1. The predicted molar refractivity (Wildman–Crippen MR) is 161 cm³/mol. The van der Waals surface area contributed by atoms with Gasteiger partial charge in [-0.3, -0.25) is 9.59 Å². The quantitative estimate of drug-likeness (QED) is 0.203. The summed E-state index contributed by atoms with van der Waals surface area (Å²) in [5.41, 5.74) is 0.680. The Bertz CT molecular complexity index is 1260. The fourth-order valence-corrected chi connectivity index (χ4v) is 5.92. The highest BCUT2D eigenvalue weighted by Gasteiger charge is 2.41. The first kappa shape index (κ1) is 30.5. The minimum atomic E-state index is -1.04. The Kier molecular flexibility index (Phi) is 10.0. The molecule has 218 valence electrons. The summed E-state index contributed by atoms with van der Waals surface area (Å²) in [6, 6.07) is 24.7. The second-order valence-electron chi connectivity index (χ2n) is 11.6. The highest BCUT2D eigenvalue weighted by Crippen LogP contribution is 2.42. The summed E-state index contributed by atoms with van der Waals surface area (Å²) < 4.78 is 5.29. The summed E-state index contributed by atoms with van der Waals surface area (Å²) in [5.74, 6) is -0.407. The Labute approximate surface area is 244 Å². The number of aromatic hydroxyl groups is 1. The molecule has 0 amide bonds. The third kappa shape index (κ3) is 6.88. The summed E-state index contributed by atoms with van der Waals surface area (Å²) in [6.07, 6.45) is 3.53.